The van der Waals surface area contributed by atoms with Crippen LogP contribution in [0.4, 0.5) is 0 Å². The average Bonchev–Trinajstić information content (AvgIpc) is 2.63. The molecule has 2 heterocycles. The third-order valence-corrected chi connectivity index (χ3v) is 5.96. The molecule has 2 aliphatic heterocycles. The molecule has 1 spiro atoms. The molecule has 0 aromatic heterocycles. The first kappa shape index (κ1) is 14.2. The molecule has 6 heteroatoms. The Morgan fingerprint density at radius 3 is 2.75 bits per heavy atom. The number of amides is 1. The second-order valence-corrected chi connectivity index (χ2v) is 7.67. The Morgan fingerprint density at radius 2 is 2.10 bits per heavy atom. The van der Waals surface area contributed by atoms with Gasteiger partial charge >= 0.3 is 5.97 Å². The van der Waals surface area contributed by atoms with Gasteiger partial charge in [0.2, 0.25) is 5.91 Å². The Labute approximate surface area is 130 Å². The van der Waals surface area contributed by atoms with Crippen LogP contribution in [0.2, 0.25) is 0 Å². The smallest absolute Gasteiger partial charge is 0.323 e. The fourth-order valence-electron chi connectivity index (χ4n) is 3.38. The van der Waals surface area contributed by atoms with E-state index in [1.165, 1.54) is 4.90 Å². The van der Waals surface area contributed by atoms with Crippen molar-refractivity contribution in [2.75, 3.05) is 18.1 Å². The van der Waals surface area contributed by atoms with Gasteiger partial charge in [-0.05, 0) is 53.3 Å². The van der Waals surface area contributed by atoms with Gasteiger partial charge in [0, 0.05) is 5.70 Å². The number of carboxylic acid groups (broad SMARTS) is 1. The molecule has 1 amide bonds. The number of fused-ring (bicyclic) bond motifs is 1. The van der Waals surface area contributed by atoms with Gasteiger partial charge in [-0.3, -0.25) is 9.59 Å². The van der Waals surface area contributed by atoms with Crippen molar-refractivity contribution in [3.8, 4) is 0 Å². The van der Waals surface area contributed by atoms with Crippen molar-refractivity contribution >= 4 is 39.6 Å². The van der Waals surface area contributed by atoms with Gasteiger partial charge in [0.05, 0.1) is 5.41 Å². The zero-order chi connectivity index (χ0) is 14.3. The summed E-state index contributed by atoms with van der Waals surface area (Å²) in [6.45, 7) is -0.210. The van der Waals surface area contributed by atoms with E-state index in [-0.39, 0.29) is 12.5 Å². The number of aliphatic carboxylic acids is 1. The third kappa shape index (κ3) is 2.13. The molecule has 1 saturated heterocycles. The van der Waals surface area contributed by atoms with Crippen LogP contribution in [0, 0.1) is 5.41 Å². The number of thioether (sulfide) groups is 1. The fraction of sp³-hybridized carbons (Fsp3) is 0.571. The highest BCUT2D eigenvalue weighted by Crippen LogP contribution is 2.52. The number of carbonyl (C=O) groups is 2. The van der Waals surface area contributed by atoms with Crippen LogP contribution in [0.3, 0.4) is 0 Å². The second-order valence-electron chi connectivity index (χ2n) is 5.43. The standard InChI is InChI=1S/C14H16BrNO3S/c15-9-1-2-11-10(7-9)14(3-5-20-6-4-14)13(19)16(11)8-12(17)18/h7H,1-6,8H2,(H,17,18). The van der Waals surface area contributed by atoms with E-state index in [0.29, 0.717) is 0 Å². The van der Waals surface area contributed by atoms with Crippen LogP contribution >= 0.6 is 27.7 Å². The maximum atomic E-state index is 12.9. The lowest BCUT2D eigenvalue weighted by Gasteiger charge is -2.33. The highest BCUT2D eigenvalue weighted by atomic mass is 79.9. The summed E-state index contributed by atoms with van der Waals surface area (Å²) < 4.78 is 1.11. The summed E-state index contributed by atoms with van der Waals surface area (Å²) in [6, 6.07) is 0. The lowest BCUT2D eigenvalue weighted by atomic mass is 9.74. The summed E-state index contributed by atoms with van der Waals surface area (Å²) in [5.74, 6) is 0.994. The molecule has 0 unspecified atom stereocenters. The van der Waals surface area contributed by atoms with Gasteiger partial charge in [-0.25, -0.2) is 0 Å². The van der Waals surface area contributed by atoms with E-state index >= 15 is 0 Å². The van der Waals surface area contributed by atoms with Crippen molar-refractivity contribution < 1.29 is 14.7 Å². The number of hydrogen-bond donors (Lipinski definition) is 1. The molecule has 0 atom stereocenters. The predicted octanol–water partition coefficient (Wildman–Crippen LogP) is 2.75. The van der Waals surface area contributed by atoms with Crippen LogP contribution in [0.25, 0.3) is 0 Å². The Kier molecular flexibility index (Phi) is 3.71. The van der Waals surface area contributed by atoms with Gasteiger partial charge in [0.15, 0.2) is 0 Å². The van der Waals surface area contributed by atoms with Crippen LogP contribution < -0.4 is 0 Å². The maximum absolute atomic E-state index is 12.9. The number of allylic oxidation sites excluding steroid dienone is 3. The second kappa shape index (κ2) is 5.22. The van der Waals surface area contributed by atoms with Crippen molar-refractivity contribution in [2.45, 2.75) is 25.7 Å². The lowest BCUT2D eigenvalue weighted by Crippen LogP contribution is -2.41. The Hall–Kier alpha value is -0.750. The number of hydrogen-bond acceptors (Lipinski definition) is 3. The largest absolute Gasteiger partial charge is 0.480 e. The molecule has 3 aliphatic rings. The summed E-state index contributed by atoms with van der Waals surface area (Å²) in [6.07, 6.45) is 5.30. The molecule has 0 aromatic rings. The first-order chi connectivity index (χ1) is 9.54. The van der Waals surface area contributed by atoms with E-state index in [0.717, 1.165) is 52.9 Å². The van der Waals surface area contributed by atoms with Gasteiger partial charge in [-0.15, -0.1) is 0 Å². The minimum Gasteiger partial charge on any atom is -0.480 e. The Morgan fingerprint density at radius 1 is 1.40 bits per heavy atom. The third-order valence-electron chi connectivity index (χ3n) is 4.35. The highest BCUT2D eigenvalue weighted by Gasteiger charge is 2.52. The van der Waals surface area contributed by atoms with Crippen molar-refractivity contribution in [1.82, 2.24) is 4.90 Å². The van der Waals surface area contributed by atoms with Crippen molar-refractivity contribution in [3.63, 3.8) is 0 Å². The average molecular weight is 358 g/mol. The summed E-state index contributed by atoms with van der Waals surface area (Å²) in [7, 11) is 0. The zero-order valence-corrected chi connectivity index (χ0v) is 13.4. The van der Waals surface area contributed by atoms with Gasteiger partial charge in [0.25, 0.3) is 0 Å². The molecule has 0 radical (unpaired) electrons. The predicted molar refractivity (Wildman–Crippen MR) is 81.6 cm³/mol. The molecule has 1 fully saturated rings. The molecule has 4 nitrogen and oxygen atoms in total. The molecule has 0 aromatic carbocycles. The molecule has 108 valence electrons. The van der Waals surface area contributed by atoms with E-state index in [2.05, 4.69) is 22.0 Å². The lowest BCUT2D eigenvalue weighted by molar-refractivity contribution is -0.145. The zero-order valence-electron chi connectivity index (χ0n) is 11.0. The number of halogens is 1. The topological polar surface area (TPSA) is 57.6 Å². The molecule has 20 heavy (non-hydrogen) atoms. The van der Waals surface area contributed by atoms with Gasteiger partial charge in [-0.1, -0.05) is 15.9 Å². The highest BCUT2D eigenvalue weighted by molar-refractivity contribution is 9.11. The fourth-order valence-corrected chi connectivity index (χ4v) is 5.00. The molecular weight excluding hydrogens is 342 g/mol. The van der Waals surface area contributed by atoms with Gasteiger partial charge in [0.1, 0.15) is 6.54 Å². The van der Waals surface area contributed by atoms with E-state index < -0.39 is 11.4 Å². The normalized spacial score (nSPS) is 24.9. The minimum absolute atomic E-state index is 0.00338. The molecule has 0 saturated carbocycles. The summed E-state index contributed by atoms with van der Waals surface area (Å²) in [5, 5.41) is 9.08. The van der Waals surface area contributed by atoms with Crippen LogP contribution in [0.5, 0.6) is 0 Å². The first-order valence-corrected chi connectivity index (χ1v) is 8.70. The number of nitrogens with zero attached hydrogens (tertiary/aromatic N) is 1. The summed E-state index contributed by atoms with van der Waals surface area (Å²) in [4.78, 5) is 25.4. The SMILES string of the molecule is O=C(O)CN1C(=O)C2(CCSCC2)C2=C1CCC(Br)=C2. The minimum atomic E-state index is -0.943. The number of carboxylic acids is 1. The van der Waals surface area contributed by atoms with Crippen LogP contribution in [-0.2, 0) is 9.59 Å². The molecule has 1 aliphatic carbocycles. The first-order valence-electron chi connectivity index (χ1n) is 6.76. The maximum Gasteiger partial charge on any atom is 0.323 e. The van der Waals surface area contributed by atoms with E-state index in [4.69, 9.17) is 5.11 Å². The molecular formula is C14H16BrNO3S. The molecule has 0 bridgehead atoms. The van der Waals surface area contributed by atoms with Crippen LogP contribution in [-0.4, -0.2) is 39.9 Å². The van der Waals surface area contributed by atoms with Crippen LogP contribution in [0.1, 0.15) is 25.7 Å². The van der Waals surface area contributed by atoms with Crippen molar-refractivity contribution in [1.29, 1.82) is 0 Å². The van der Waals surface area contributed by atoms with Crippen molar-refractivity contribution in [3.05, 3.63) is 21.8 Å². The Balaban J connectivity index is 2.05. The van der Waals surface area contributed by atoms with Gasteiger partial charge in [-0.2, -0.15) is 11.8 Å². The quantitative estimate of drug-likeness (QED) is 0.825. The molecule has 1 N–H and O–H groups in total. The van der Waals surface area contributed by atoms with E-state index in [1.807, 2.05) is 11.8 Å². The van der Waals surface area contributed by atoms with Gasteiger partial charge < -0.3 is 10.0 Å². The Bertz CT molecular complexity index is 535. The number of carbonyl (C=O) groups excluding carboxylic acids is 1. The summed E-state index contributed by atoms with van der Waals surface area (Å²) in [5.41, 5.74) is 1.55. The molecule has 3 rings (SSSR count). The van der Waals surface area contributed by atoms with Crippen molar-refractivity contribution in [2.24, 2.45) is 5.41 Å². The van der Waals surface area contributed by atoms with E-state index in [9.17, 15) is 9.59 Å². The van der Waals surface area contributed by atoms with Crippen LogP contribution in [0.15, 0.2) is 21.8 Å². The van der Waals surface area contributed by atoms with E-state index in [1.54, 1.807) is 0 Å². The monoisotopic (exact) mass is 357 g/mol. The number of rotatable bonds is 2. The summed E-state index contributed by atoms with van der Waals surface area (Å²) >= 11 is 5.41.